The molecule has 2 aliphatic heterocycles. The molecular weight excluding hydrogens is 188 g/mol. The van der Waals surface area contributed by atoms with Crippen LogP contribution in [0.25, 0.3) is 5.57 Å². The Morgan fingerprint density at radius 3 is 3.13 bits per heavy atom. The molecule has 0 fully saturated rings. The molecule has 0 radical (unpaired) electrons. The monoisotopic (exact) mass is 200 g/mol. The third kappa shape index (κ3) is 1.27. The van der Waals surface area contributed by atoms with E-state index in [2.05, 4.69) is 10.3 Å². The van der Waals surface area contributed by atoms with Gasteiger partial charge in [-0.3, -0.25) is 4.99 Å². The molecule has 1 atom stereocenters. The van der Waals surface area contributed by atoms with Crippen molar-refractivity contribution < 1.29 is 5.11 Å². The summed E-state index contributed by atoms with van der Waals surface area (Å²) in [6.45, 7) is 1.36. The number of hydrogen-bond acceptors (Lipinski definition) is 3. The summed E-state index contributed by atoms with van der Waals surface area (Å²) < 4.78 is 0. The molecule has 0 aliphatic carbocycles. The molecule has 0 saturated carbocycles. The highest BCUT2D eigenvalue weighted by molar-refractivity contribution is 5.94. The number of aliphatic hydroxyl groups is 1. The highest BCUT2D eigenvalue weighted by atomic mass is 16.3. The molecule has 0 saturated heterocycles. The van der Waals surface area contributed by atoms with Gasteiger partial charge < -0.3 is 10.4 Å². The van der Waals surface area contributed by atoms with Crippen LogP contribution in [-0.4, -0.2) is 30.5 Å². The van der Waals surface area contributed by atoms with Crippen molar-refractivity contribution in [2.75, 3.05) is 13.1 Å². The van der Waals surface area contributed by atoms with Gasteiger partial charge in [0.15, 0.2) is 0 Å². The molecular formula is C12H12N2O. The van der Waals surface area contributed by atoms with E-state index in [4.69, 9.17) is 0 Å². The molecule has 2 heterocycles. The molecule has 3 nitrogen and oxygen atoms in total. The molecule has 0 aromatic heterocycles. The van der Waals surface area contributed by atoms with Gasteiger partial charge in [-0.1, -0.05) is 24.3 Å². The Bertz CT molecular complexity index is 462. The molecule has 3 heteroatoms. The van der Waals surface area contributed by atoms with Crippen LogP contribution >= 0.6 is 0 Å². The van der Waals surface area contributed by atoms with E-state index in [1.165, 1.54) is 0 Å². The molecule has 76 valence electrons. The van der Waals surface area contributed by atoms with Crippen LogP contribution in [0, 0.1) is 0 Å². The molecule has 1 aromatic rings. The van der Waals surface area contributed by atoms with Crippen molar-refractivity contribution in [1.82, 2.24) is 5.32 Å². The van der Waals surface area contributed by atoms with Gasteiger partial charge in [-0.15, -0.1) is 0 Å². The summed E-state index contributed by atoms with van der Waals surface area (Å²) >= 11 is 0. The molecule has 1 unspecified atom stereocenters. The number of aliphatic imine (C=N–C) groups is 1. The zero-order valence-corrected chi connectivity index (χ0v) is 8.27. The topological polar surface area (TPSA) is 44.6 Å². The first-order valence-electron chi connectivity index (χ1n) is 5.11. The minimum atomic E-state index is 0.0775. The van der Waals surface area contributed by atoms with E-state index in [1.807, 2.05) is 30.5 Å². The van der Waals surface area contributed by atoms with Gasteiger partial charge >= 0.3 is 0 Å². The van der Waals surface area contributed by atoms with Crippen molar-refractivity contribution in [2.24, 2.45) is 4.99 Å². The predicted octanol–water partition coefficient (Wildman–Crippen LogP) is 1.36. The summed E-state index contributed by atoms with van der Waals surface area (Å²) in [7, 11) is 0. The van der Waals surface area contributed by atoms with E-state index in [1.54, 1.807) is 0 Å². The van der Waals surface area contributed by atoms with Crippen molar-refractivity contribution in [1.29, 1.82) is 0 Å². The van der Waals surface area contributed by atoms with E-state index >= 15 is 0 Å². The van der Waals surface area contributed by atoms with Gasteiger partial charge in [0.25, 0.3) is 0 Å². The van der Waals surface area contributed by atoms with Crippen LogP contribution in [0.15, 0.2) is 35.0 Å². The number of nitrogens with zero attached hydrogens (tertiary/aromatic N) is 1. The van der Waals surface area contributed by atoms with E-state index < -0.39 is 0 Å². The maximum atomic E-state index is 9.89. The van der Waals surface area contributed by atoms with E-state index in [-0.39, 0.29) is 6.04 Å². The first-order chi connectivity index (χ1) is 7.36. The lowest BCUT2D eigenvalue weighted by Crippen LogP contribution is -2.36. The second-order valence-electron chi connectivity index (χ2n) is 3.87. The van der Waals surface area contributed by atoms with Crippen molar-refractivity contribution in [3.05, 3.63) is 41.2 Å². The molecule has 1 aromatic carbocycles. The van der Waals surface area contributed by atoms with Gasteiger partial charge in [0.1, 0.15) is 5.76 Å². The van der Waals surface area contributed by atoms with Gasteiger partial charge in [0.2, 0.25) is 0 Å². The van der Waals surface area contributed by atoms with E-state index in [9.17, 15) is 5.11 Å². The normalized spacial score (nSPS) is 23.6. The summed E-state index contributed by atoms with van der Waals surface area (Å²) in [6.07, 6.45) is 1.89. The lowest BCUT2D eigenvalue weighted by atomic mass is 9.89. The second kappa shape index (κ2) is 3.21. The third-order valence-electron chi connectivity index (χ3n) is 2.92. The van der Waals surface area contributed by atoms with Crippen molar-refractivity contribution in [3.8, 4) is 0 Å². The fourth-order valence-electron chi connectivity index (χ4n) is 2.20. The lowest BCUT2D eigenvalue weighted by molar-refractivity contribution is 0.376. The molecule has 0 amide bonds. The lowest BCUT2D eigenvalue weighted by Gasteiger charge is -2.28. The number of nitrogens with one attached hydrogen (secondary N) is 1. The fraction of sp³-hybridized carbons (Fsp3) is 0.250. The summed E-state index contributed by atoms with van der Waals surface area (Å²) in [4.78, 5) is 4.44. The minimum absolute atomic E-state index is 0.0775. The van der Waals surface area contributed by atoms with Gasteiger partial charge in [0, 0.05) is 23.9 Å². The van der Waals surface area contributed by atoms with Crippen LogP contribution in [-0.2, 0) is 0 Å². The minimum Gasteiger partial charge on any atom is -0.511 e. The number of fused-ring (bicyclic) bond motifs is 3. The Balaban J connectivity index is 2.23. The van der Waals surface area contributed by atoms with E-state index in [0.29, 0.717) is 12.3 Å². The molecule has 0 spiro atoms. The SMILES string of the molecule is OC1=C2c3ccccc3C=NC2CNC1. The molecule has 2 N–H and O–H groups in total. The average Bonchev–Trinajstić information content (AvgIpc) is 2.29. The maximum absolute atomic E-state index is 9.89. The van der Waals surface area contributed by atoms with Gasteiger partial charge in [0.05, 0.1) is 12.6 Å². The van der Waals surface area contributed by atoms with Crippen LogP contribution in [0.1, 0.15) is 11.1 Å². The Labute approximate surface area is 88.2 Å². The highest BCUT2D eigenvalue weighted by Crippen LogP contribution is 2.30. The standard InChI is InChI=1S/C12H12N2O/c15-11-7-13-6-10-12(11)9-4-2-1-3-8(9)5-14-10/h1-5,10,13,15H,6-7H2. The fourth-order valence-corrected chi connectivity index (χ4v) is 2.20. The average molecular weight is 200 g/mol. The molecule has 2 aliphatic rings. The van der Waals surface area contributed by atoms with Crippen molar-refractivity contribution in [2.45, 2.75) is 6.04 Å². The van der Waals surface area contributed by atoms with Gasteiger partial charge in [-0.05, 0) is 5.56 Å². The van der Waals surface area contributed by atoms with Crippen LogP contribution in [0.2, 0.25) is 0 Å². The molecule has 15 heavy (non-hydrogen) atoms. The van der Waals surface area contributed by atoms with Crippen LogP contribution < -0.4 is 5.32 Å². The number of aliphatic hydroxyl groups excluding tert-OH is 1. The van der Waals surface area contributed by atoms with Crippen molar-refractivity contribution in [3.63, 3.8) is 0 Å². The molecule has 0 bridgehead atoms. The predicted molar refractivity (Wildman–Crippen MR) is 60.2 cm³/mol. The summed E-state index contributed by atoms with van der Waals surface area (Å²) in [6, 6.07) is 8.14. The summed E-state index contributed by atoms with van der Waals surface area (Å²) in [5.74, 6) is 0.426. The second-order valence-corrected chi connectivity index (χ2v) is 3.87. The van der Waals surface area contributed by atoms with Gasteiger partial charge in [-0.2, -0.15) is 0 Å². The summed E-state index contributed by atoms with van der Waals surface area (Å²) in [5.41, 5.74) is 3.21. The molecule has 3 rings (SSSR count). The van der Waals surface area contributed by atoms with Crippen molar-refractivity contribution >= 4 is 11.8 Å². The van der Waals surface area contributed by atoms with Crippen LogP contribution in [0.4, 0.5) is 0 Å². The number of benzene rings is 1. The highest BCUT2D eigenvalue weighted by Gasteiger charge is 2.26. The Morgan fingerprint density at radius 2 is 2.20 bits per heavy atom. The maximum Gasteiger partial charge on any atom is 0.112 e. The zero-order chi connectivity index (χ0) is 10.3. The zero-order valence-electron chi connectivity index (χ0n) is 8.27. The number of hydrogen-bond donors (Lipinski definition) is 2. The largest absolute Gasteiger partial charge is 0.511 e. The smallest absolute Gasteiger partial charge is 0.112 e. The van der Waals surface area contributed by atoms with Crippen LogP contribution in [0.5, 0.6) is 0 Å². The first kappa shape index (κ1) is 8.68. The summed E-state index contributed by atoms with van der Waals surface area (Å²) in [5, 5.41) is 13.0. The first-order valence-corrected chi connectivity index (χ1v) is 5.11. The Morgan fingerprint density at radius 1 is 1.33 bits per heavy atom. The Hall–Kier alpha value is -1.61. The third-order valence-corrected chi connectivity index (χ3v) is 2.92. The van der Waals surface area contributed by atoms with Crippen LogP contribution in [0.3, 0.4) is 0 Å². The van der Waals surface area contributed by atoms with E-state index in [0.717, 1.165) is 23.2 Å². The van der Waals surface area contributed by atoms with Gasteiger partial charge in [-0.25, -0.2) is 0 Å². The number of rotatable bonds is 0. The Kier molecular flexibility index (Phi) is 1.86. The quantitative estimate of drug-likeness (QED) is 0.664.